The van der Waals surface area contributed by atoms with E-state index in [-0.39, 0.29) is 11.9 Å². The highest BCUT2D eigenvalue weighted by molar-refractivity contribution is 5.87. The molecule has 0 unspecified atom stereocenters. The van der Waals surface area contributed by atoms with E-state index in [0.717, 1.165) is 0 Å². The van der Waals surface area contributed by atoms with Gasteiger partial charge >= 0.3 is 5.97 Å². The summed E-state index contributed by atoms with van der Waals surface area (Å²) in [6, 6.07) is 6.23. The molecule has 0 heterocycles. The molecule has 0 atom stereocenters. The molecule has 15 heavy (non-hydrogen) atoms. The number of carbonyl (C=O) groups excluding carboxylic acids is 1. The highest BCUT2D eigenvalue weighted by atomic mass is 19.1. The molecule has 0 bridgehead atoms. The van der Waals surface area contributed by atoms with Crippen LogP contribution in [0.5, 0.6) is 0 Å². The summed E-state index contributed by atoms with van der Waals surface area (Å²) in [5, 5.41) is 0. The lowest BCUT2D eigenvalue weighted by Crippen LogP contribution is -2.08. The van der Waals surface area contributed by atoms with Crippen LogP contribution in [0.1, 0.15) is 19.4 Å². The van der Waals surface area contributed by atoms with Crippen LogP contribution in [0.4, 0.5) is 4.39 Å². The van der Waals surface area contributed by atoms with Gasteiger partial charge in [0, 0.05) is 11.6 Å². The fraction of sp³-hybridized carbons (Fsp3) is 0.250. The summed E-state index contributed by atoms with van der Waals surface area (Å²) < 4.78 is 18.0. The van der Waals surface area contributed by atoms with Gasteiger partial charge in [-0.25, -0.2) is 9.18 Å². The molecule has 0 aliphatic heterocycles. The number of esters is 1. The molecule has 0 saturated carbocycles. The Morgan fingerprint density at radius 1 is 1.40 bits per heavy atom. The third-order valence-electron chi connectivity index (χ3n) is 1.66. The van der Waals surface area contributed by atoms with Crippen molar-refractivity contribution in [2.75, 3.05) is 0 Å². The Balaban J connectivity index is 2.66. The van der Waals surface area contributed by atoms with Gasteiger partial charge in [0.2, 0.25) is 0 Å². The zero-order valence-corrected chi connectivity index (χ0v) is 8.74. The quantitative estimate of drug-likeness (QED) is 0.564. The predicted molar refractivity (Wildman–Crippen MR) is 56.7 cm³/mol. The van der Waals surface area contributed by atoms with Crippen molar-refractivity contribution in [2.24, 2.45) is 0 Å². The molecule has 0 saturated heterocycles. The Bertz CT molecular complexity index is 370. The zero-order chi connectivity index (χ0) is 11.3. The van der Waals surface area contributed by atoms with E-state index in [9.17, 15) is 9.18 Å². The van der Waals surface area contributed by atoms with Crippen LogP contribution in [0, 0.1) is 5.82 Å². The van der Waals surface area contributed by atoms with Crippen LogP contribution in [0.2, 0.25) is 0 Å². The van der Waals surface area contributed by atoms with E-state index in [0.29, 0.717) is 5.56 Å². The summed E-state index contributed by atoms with van der Waals surface area (Å²) in [5.74, 6) is -0.820. The molecule has 0 fully saturated rings. The first-order valence-corrected chi connectivity index (χ1v) is 4.73. The topological polar surface area (TPSA) is 26.3 Å². The number of benzene rings is 1. The fourth-order valence-corrected chi connectivity index (χ4v) is 1.04. The maximum atomic E-state index is 13.1. The Labute approximate surface area is 88.4 Å². The molecule has 0 radical (unpaired) electrons. The maximum absolute atomic E-state index is 13.1. The van der Waals surface area contributed by atoms with Crippen molar-refractivity contribution < 1.29 is 13.9 Å². The number of rotatable bonds is 3. The smallest absolute Gasteiger partial charge is 0.331 e. The van der Waals surface area contributed by atoms with Gasteiger partial charge < -0.3 is 4.74 Å². The SMILES string of the molecule is CC(C)OC(=O)/C=C\c1ccccc1F. The number of carbonyl (C=O) groups is 1. The first-order valence-electron chi connectivity index (χ1n) is 4.73. The van der Waals surface area contributed by atoms with E-state index in [2.05, 4.69) is 0 Å². The highest BCUT2D eigenvalue weighted by Gasteiger charge is 2.01. The van der Waals surface area contributed by atoms with E-state index >= 15 is 0 Å². The van der Waals surface area contributed by atoms with E-state index in [1.54, 1.807) is 32.0 Å². The summed E-state index contributed by atoms with van der Waals surface area (Å²) >= 11 is 0. The van der Waals surface area contributed by atoms with Crippen molar-refractivity contribution in [1.82, 2.24) is 0 Å². The van der Waals surface area contributed by atoms with Crippen molar-refractivity contribution in [3.63, 3.8) is 0 Å². The lowest BCUT2D eigenvalue weighted by Gasteiger charge is -2.03. The Morgan fingerprint density at radius 3 is 2.67 bits per heavy atom. The minimum Gasteiger partial charge on any atom is -0.460 e. The Morgan fingerprint density at radius 2 is 2.07 bits per heavy atom. The first kappa shape index (κ1) is 11.4. The average Bonchev–Trinajstić information content (AvgIpc) is 2.15. The summed E-state index contributed by atoms with van der Waals surface area (Å²) in [7, 11) is 0. The summed E-state index contributed by atoms with van der Waals surface area (Å²) in [6.07, 6.45) is 2.46. The van der Waals surface area contributed by atoms with Crippen molar-refractivity contribution in [1.29, 1.82) is 0 Å². The van der Waals surface area contributed by atoms with E-state index < -0.39 is 5.97 Å². The van der Waals surface area contributed by atoms with Crippen LogP contribution in [0.25, 0.3) is 6.08 Å². The Kier molecular flexibility index (Phi) is 4.03. The van der Waals surface area contributed by atoms with E-state index in [4.69, 9.17) is 4.74 Å². The van der Waals surface area contributed by atoms with Gasteiger partial charge in [-0.05, 0) is 26.0 Å². The van der Waals surface area contributed by atoms with Gasteiger partial charge in [0.1, 0.15) is 5.82 Å². The average molecular weight is 208 g/mol. The molecule has 1 rings (SSSR count). The van der Waals surface area contributed by atoms with E-state index in [1.807, 2.05) is 0 Å². The van der Waals surface area contributed by atoms with Crippen LogP contribution in [-0.4, -0.2) is 12.1 Å². The molecular formula is C12H13FO2. The van der Waals surface area contributed by atoms with Crippen molar-refractivity contribution in [3.8, 4) is 0 Å². The predicted octanol–water partition coefficient (Wildman–Crippen LogP) is 2.79. The van der Waals surface area contributed by atoms with Crippen LogP contribution in [0.15, 0.2) is 30.3 Å². The third kappa shape index (κ3) is 3.94. The molecule has 1 aromatic rings. The molecule has 0 amide bonds. The fourth-order valence-electron chi connectivity index (χ4n) is 1.04. The largest absolute Gasteiger partial charge is 0.460 e. The number of halogens is 1. The molecule has 2 nitrogen and oxygen atoms in total. The maximum Gasteiger partial charge on any atom is 0.331 e. The molecule has 0 aliphatic rings. The second-order valence-electron chi connectivity index (χ2n) is 3.34. The van der Waals surface area contributed by atoms with Gasteiger partial charge in [-0.15, -0.1) is 0 Å². The van der Waals surface area contributed by atoms with Gasteiger partial charge in [0.05, 0.1) is 6.10 Å². The van der Waals surface area contributed by atoms with Crippen LogP contribution >= 0.6 is 0 Å². The van der Waals surface area contributed by atoms with Crippen molar-refractivity contribution in [2.45, 2.75) is 20.0 Å². The van der Waals surface area contributed by atoms with Gasteiger partial charge in [-0.1, -0.05) is 18.2 Å². The molecule has 0 aliphatic carbocycles. The lowest BCUT2D eigenvalue weighted by atomic mass is 10.2. The first-order chi connectivity index (χ1) is 7.09. The van der Waals surface area contributed by atoms with Gasteiger partial charge in [0.25, 0.3) is 0 Å². The number of hydrogen-bond donors (Lipinski definition) is 0. The van der Waals surface area contributed by atoms with Crippen LogP contribution in [-0.2, 0) is 9.53 Å². The summed E-state index contributed by atoms with van der Waals surface area (Å²) in [6.45, 7) is 3.52. The molecular weight excluding hydrogens is 195 g/mol. The van der Waals surface area contributed by atoms with Gasteiger partial charge in [-0.3, -0.25) is 0 Å². The molecule has 80 valence electrons. The number of hydrogen-bond acceptors (Lipinski definition) is 2. The van der Waals surface area contributed by atoms with Crippen molar-refractivity contribution >= 4 is 12.0 Å². The zero-order valence-electron chi connectivity index (χ0n) is 8.74. The second-order valence-corrected chi connectivity index (χ2v) is 3.34. The van der Waals surface area contributed by atoms with Crippen LogP contribution < -0.4 is 0 Å². The molecule has 0 spiro atoms. The van der Waals surface area contributed by atoms with Gasteiger partial charge in [0.15, 0.2) is 0 Å². The third-order valence-corrected chi connectivity index (χ3v) is 1.66. The minimum atomic E-state index is -0.465. The highest BCUT2D eigenvalue weighted by Crippen LogP contribution is 2.08. The normalized spacial score (nSPS) is 10.9. The van der Waals surface area contributed by atoms with Gasteiger partial charge in [-0.2, -0.15) is 0 Å². The summed E-state index contributed by atoms with van der Waals surface area (Å²) in [4.78, 5) is 11.1. The van der Waals surface area contributed by atoms with E-state index in [1.165, 1.54) is 18.2 Å². The van der Waals surface area contributed by atoms with Crippen LogP contribution in [0.3, 0.4) is 0 Å². The minimum absolute atomic E-state index is 0.164. The second kappa shape index (κ2) is 5.29. The monoisotopic (exact) mass is 208 g/mol. The molecule has 0 N–H and O–H groups in total. The molecule has 0 aromatic heterocycles. The standard InChI is InChI=1S/C12H13FO2/c1-9(2)15-12(14)8-7-10-5-3-4-6-11(10)13/h3-9H,1-2H3/b8-7-. The van der Waals surface area contributed by atoms with Crippen molar-refractivity contribution in [3.05, 3.63) is 41.7 Å². The number of ether oxygens (including phenoxy) is 1. The molecule has 1 aromatic carbocycles. The lowest BCUT2D eigenvalue weighted by molar-refractivity contribution is -0.141. The summed E-state index contributed by atoms with van der Waals surface area (Å²) in [5.41, 5.74) is 0.373. The molecule has 3 heteroatoms. The Hall–Kier alpha value is -1.64.